The van der Waals surface area contributed by atoms with Crippen molar-refractivity contribution < 1.29 is 9.18 Å². The number of carbonyl (C=O) groups excluding carboxylic acids is 1. The van der Waals surface area contributed by atoms with Crippen LogP contribution in [0.5, 0.6) is 0 Å². The molecule has 1 aliphatic heterocycles. The first-order chi connectivity index (χ1) is 14.0. The normalized spacial score (nSPS) is 16.8. The van der Waals surface area contributed by atoms with Gasteiger partial charge < -0.3 is 10.2 Å². The molecule has 6 nitrogen and oxygen atoms in total. The van der Waals surface area contributed by atoms with Crippen LogP contribution in [0.2, 0.25) is 0 Å². The van der Waals surface area contributed by atoms with Gasteiger partial charge in [0.2, 0.25) is 16.2 Å². The molecule has 1 aromatic carbocycles. The van der Waals surface area contributed by atoms with E-state index in [1.165, 1.54) is 12.1 Å². The van der Waals surface area contributed by atoms with Crippen LogP contribution in [-0.2, 0) is 11.3 Å². The van der Waals surface area contributed by atoms with Gasteiger partial charge in [-0.15, -0.1) is 10.2 Å². The van der Waals surface area contributed by atoms with Gasteiger partial charge in [0.25, 0.3) is 0 Å². The Morgan fingerprint density at radius 3 is 2.55 bits per heavy atom. The van der Waals surface area contributed by atoms with Crippen molar-refractivity contribution in [3.05, 3.63) is 59.2 Å². The minimum atomic E-state index is -0.273. The van der Waals surface area contributed by atoms with E-state index in [2.05, 4.69) is 51.0 Å². The van der Waals surface area contributed by atoms with Crippen LogP contribution in [0.1, 0.15) is 29.8 Å². The molecular weight excluding hydrogens is 389 g/mol. The van der Waals surface area contributed by atoms with Gasteiger partial charge in [-0.25, -0.2) is 4.39 Å². The molecule has 1 aliphatic rings. The first-order valence-corrected chi connectivity index (χ1v) is 10.6. The second-order valence-corrected chi connectivity index (χ2v) is 8.38. The lowest BCUT2D eigenvalue weighted by Gasteiger charge is -2.31. The number of hydrogen-bond donors (Lipinski definition) is 1. The Morgan fingerprint density at radius 2 is 1.83 bits per heavy atom. The number of carbonyl (C=O) groups is 1. The molecule has 8 heteroatoms. The van der Waals surface area contributed by atoms with Gasteiger partial charge in [0.15, 0.2) is 0 Å². The molecule has 0 aliphatic carbocycles. The Morgan fingerprint density at radius 1 is 1.14 bits per heavy atom. The molecule has 1 saturated heterocycles. The number of benzene rings is 1. The zero-order valence-electron chi connectivity index (χ0n) is 16.6. The lowest BCUT2D eigenvalue weighted by molar-refractivity contribution is -0.125. The zero-order valence-corrected chi connectivity index (χ0v) is 17.4. The summed E-state index contributed by atoms with van der Waals surface area (Å²) in [5.41, 5.74) is 3.14. The number of aromatic nitrogens is 3. The van der Waals surface area contributed by atoms with E-state index in [0.717, 1.165) is 46.6 Å². The van der Waals surface area contributed by atoms with Crippen LogP contribution in [0.3, 0.4) is 0 Å². The van der Waals surface area contributed by atoms with Gasteiger partial charge in [0.1, 0.15) is 5.82 Å². The van der Waals surface area contributed by atoms with Crippen molar-refractivity contribution in [2.75, 3.05) is 18.0 Å². The summed E-state index contributed by atoms with van der Waals surface area (Å²) < 4.78 is 15.1. The highest BCUT2D eigenvalue weighted by molar-refractivity contribution is 7.17. The van der Waals surface area contributed by atoms with Gasteiger partial charge in [0.05, 0.1) is 5.92 Å². The van der Waals surface area contributed by atoms with Crippen molar-refractivity contribution >= 4 is 22.4 Å². The number of amides is 1. The summed E-state index contributed by atoms with van der Waals surface area (Å²) in [7, 11) is 0. The molecule has 152 valence electrons. The van der Waals surface area contributed by atoms with E-state index < -0.39 is 0 Å². The van der Waals surface area contributed by atoms with Crippen molar-refractivity contribution in [2.24, 2.45) is 5.92 Å². The number of hydrogen-bond acceptors (Lipinski definition) is 5. The van der Waals surface area contributed by atoms with Crippen LogP contribution in [0.25, 0.3) is 5.13 Å². The molecule has 3 aromatic rings. The Labute approximate surface area is 173 Å². The van der Waals surface area contributed by atoms with Gasteiger partial charge in [0, 0.05) is 31.0 Å². The monoisotopic (exact) mass is 413 g/mol. The van der Waals surface area contributed by atoms with Crippen LogP contribution >= 0.6 is 11.3 Å². The largest absolute Gasteiger partial charge is 0.352 e. The average Bonchev–Trinajstić information content (AvgIpc) is 3.33. The predicted octanol–water partition coefficient (Wildman–Crippen LogP) is 3.62. The summed E-state index contributed by atoms with van der Waals surface area (Å²) in [4.78, 5) is 14.8. The Kier molecular flexibility index (Phi) is 5.62. The first kappa shape index (κ1) is 19.6. The van der Waals surface area contributed by atoms with Crippen LogP contribution in [-0.4, -0.2) is 33.8 Å². The smallest absolute Gasteiger partial charge is 0.225 e. The Balaban J connectivity index is 1.39. The lowest BCUT2D eigenvalue weighted by atomic mass is 9.97. The third-order valence-corrected chi connectivity index (χ3v) is 6.28. The molecule has 0 bridgehead atoms. The molecule has 1 fully saturated rings. The topological polar surface area (TPSA) is 63.1 Å². The molecule has 0 spiro atoms. The fourth-order valence-electron chi connectivity index (χ4n) is 3.70. The molecule has 3 heterocycles. The fourth-order valence-corrected chi connectivity index (χ4v) is 4.70. The van der Waals surface area contributed by atoms with Gasteiger partial charge in [-0.05, 0) is 56.5 Å². The maximum absolute atomic E-state index is 13.0. The second-order valence-electron chi connectivity index (χ2n) is 7.45. The fraction of sp³-hybridized carbons (Fsp3) is 0.381. The Bertz CT molecular complexity index is 977. The predicted molar refractivity (Wildman–Crippen MR) is 112 cm³/mol. The molecule has 2 aromatic heterocycles. The summed E-state index contributed by atoms with van der Waals surface area (Å²) in [5, 5.41) is 13.4. The number of piperidine rings is 1. The maximum Gasteiger partial charge on any atom is 0.225 e. The van der Waals surface area contributed by atoms with E-state index in [-0.39, 0.29) is 17.6 Å². The number of halogens is 1. The average molecular weight is 414 g/mol. The standard InChI is InChI=1S/C21H24FN5OS/c1-14-5-6-15(2)27(14)21-25-24-20(29-21)26-11-3-4-17(13-26)19(28)23-12-16-7-9-18(22)10-8-16/h5-10,17H,3-4,11-13H2,1-2H3,(H,23,28)/t17-/m1/s1. The van der Waals surface area contributed by atoms with Crippen LogP contribution < -0.4 is 10.2 Å². The molecule has 1 N–H and O–H groups in total. The van der Waals surface area contributed by atoms with Crippen LogP contribution in [0.4, 0.5) is 9.52 Å². The summed E-state index contributed by atoms with van der Waals surface area (Å²) in [5.74, 6) is -0.336. The SMILES string of the molecule is Cc1ccc(C)n1-c1nnc(N2CCC[C@@H](C(=O)NCc3ccc(F)cc3)C2)s1. The molecule has 0 unspecified atom stereocenters. The Hall–Kier alpha value is -2.74. The van der Waals surface area contributed by atoms with E-state index >= 15 is 0 Å². The third-order valence-electron chi connectivity index (χ3n) is 5.31. The zero-order chi connectivity index (χ0) is 20.4. The minimum absolute atomic E-state index is 0.0286. The molecule has 29 heavy (non-hydrogen) atoms. The summed E-state index contributed by atoms with van der Waals surface area (Å²) in [6, 6.07) is 10.3. The van der Waals surface area contributed by atoms with E-state index in [1.54, 1.807) is 23.5 Å². The molecular formula is C21H24FN5OS. The highest BCUT2D eigenvalue weighted by Gasteiger charge is 2.27. The van der Waals surface area contributed by atoms with Crippen molar-refractivity contribution in [2.45, 2.75) is 33.2 Å². The molecule has 1 atom stereocenters. The molecule has 1 amide bonds. The van der Waals surface area contributed by atoms with Crippen molar-refractivity contribution in [3.8, 4) is 5.13 Å². The van der Waals surface area contributed by atoms with E-state index in [9.17, 15) is 9.18 Å². The number of nitrogens with one attached hydrogen (secondary N) is 1. The minimum Gasteiger partial charge on any atom is -0.352 e. The number of rotatable bonds is 5. The van der Waals surface area contributed by atoms with Gasteiger partial charge in [-0.3, -0.25) is 9.36 Å². The summed E-state index contributed by atoms with van der Waals surface area (Å²) in [6.45, 7) is 6.02. The van der Waals surface area contributed by atoms with Gasteiger partial charge >= 0.3 is 0 Å². The van der Waals surface area contributed by atoms with Crippen molar-refractivity contribution in [3.63, 3.8) is 0 Å². The van der Waals surface area contributed by atoms with Crippen molar-refractivity contribution in [1.82, 2.24) is 20.1 Å². The summed E-state index contributed by atoms with van der Waals surface area (Å²) in [6.07, 6.45) is 1.79. The van der Waals surface area contributed by atoms with E-state index in [0.29, 0.717) is 13.1 Å². The van der Waals surface area contributed by atoms with Crippen LogP contribution in [0, 0.1) is 25.6 Å². The maximum atomic E-state index is 13.0. The van der Waals surface area contributed by atoms with E-state index in [4.69, 9.17) is 0 Å². The number of anilines is 1. The number of aryl methyl sites for hydroxylation is 2. The van der Waals surface area contributed by atoms with E-state index in [1.807, 2.05) is 0 Å². The molecule has 4 rings (SSSR count). The third kappa shape index (κ3) is 4.32. The van der Waals surface area contributed by atoms with Crippen LogP contribution in [0.15, 0.2) is 36.4 Å². The van der Waals surface area contributed by atoms with Crippen molar-refractivity contribution in [1.29, 1.82) is 0 Å². The number of nitrogens with zero attached hydrogens (tertiary/aromatic N) is 4. The molecule has 0 radical (unpaired) electrons. The quantitative estimate of drug-likeness (QED) is 0.694. The van der Waals surface area contributed by atoms with Gasteiger partial charge in [-0.2, -0.15) is 0 Å². The lowest BCUT2D eigenvalue weighted by Crippen LogP contribution is -2.43. The highest BCUT2D eigenvalue weighted by atomic mass is 32.1. The summed E-state index contributed by atoms with van der Waals surface area (Å²) >= 11 is 1.55. The van der Waals surface area contributed by atoms with Gasteiger partial charge in [-0.1, -0.05) is 23.5 Å². The second kappa shape index (κ2) is 8.32. The molecule has 0 saturated carbocycles. The first-order valence-electron chi connectivity index (χ1n) is 9.77. The highest BCUT2D eigenvalue weighted by Crippen LogP contribution is 2.29.